The first-order valence-electron chi connectivity index (χ1n) is 10.0. The molecule has 0 saturated carbocycles. The number of aromatic nitrogens is 2. The Hall–Kier alpha value is -3.19. The standard InChI is InChI=1S/C24H19F3N2O2/c1-13-12-18-16(3-5-20(29-18)24(25,26)27)22(15(13)7-10-30)17-2-4-19-21-14(8-11-31-19)6-9-28-23(17)21/h2-6,9,12,30H,7-8,10-11H2,1H3. The van der Waals surface area contributed by atoms with Crippen molar-refractivity contribution in [3.63, 3.8) is 0 Å². The predicted octanol–water partition coefficient (Wildman–Crippen LogP) is 5.25. The summed E-state index contributed by atoms with van der Waals surface area (Å²) >= 11 is 0. The van der Waals surface area contributed by atoms with Crippen LogP contribution in [0.2, 0.25) is 0 Å². The highest BCUT2D eigenvalue weighted by Gasteiger charge is 2.33. The second-order valence-electron chi connectivity index (χ2n) is 7.68. The number of fused-ring (bicyclic) bond motifs is 1. The fraction of sp³-hybridized carbons (Fsp3) is 0.250. The van der Waals surface area contributed by atoms with Crippen molar-refractivity contribution >= 4 is 21.8 Å². The Kier molecular flexibility index (Phi) is 4.59. The Morgan fingerprint density at radius 1 is 1.13 bits per heavy atom. The lowest BCUT2D eigenvalue weighted by molar-refractivity contribution is -0.140. The molecule has 0 radical (unpaired) electrons. The molecule has 3 heterocycles. The van der Waals surface area contributed by atoms with E-state index in [4.69, 9.17) is 4.74 Å². The Bertz CT molecular complexity index is 1320. The SMILES string of the molecule is Cc1cc2nc(C(F)(F)F)ccc2c(-c2ccc3c4c(ccnc24)CCO3)c1CCO. The molecule has 0 bridgehead atoms. The molecule has 0 aliphatic carbocycles. The van der Waals surface area contributed by atoms with Gasteiger partial charge in [-0.2, -0.15) is 13.2 Å². The first-order valence-corrected chi connectivity index (χ1v) is 10.0. The molecule has 2 aromatic carbocycles. The molecule has 0 amide bonds. The Morgan fingerprint density at radius 2 is 1.97 bits per heavy atom. The van der Waals surface area contributed by atoms with E-state index < -0.39 is 11.9 Å². The minimum atomic E-state index is -4.52. The van der Waals surface area contributed by atoms with Gasteiger partial charge in [-0.3, -0.25) is 4.98 Å². The fourth-order valence-electron chi connectivity index (χ4n) is 4.45. The number of ether oxygens (including phenoxy) is 1. The summed E-state index contributed by atoms with van der Waals surface area (Å²) < 4.78 is 45.6. The third kappa shape index (κ3) is 3.20. The lowest BCUT2D eigenvalue weighted by Crippen LogP contribution is -2.10. The molecule has 0 fully saturated rings. The van der Waals surface area contributed by atoms with Crippen molar-refractivity contribution in [1.82, 2.24) is 9.97 Å². The minimum absolute atomic E-state index is 0.0782. The molecule has 7 heteroatoms. The van der Waals surface area contributed by atoms with Crippen LogP contribution in [0, 0.1) is 6.92 Å². The second-order valence-corrected chi connectivity index (χ2v) is 7.68. The molecule has 0 spiro atoms. The van der Waals surface area contributed by atoms with Gasteiger partial charge >= 0.3 is 6.18 Å². The summed E-state index contributed by atoms with van der Waals surface area (Å²) in [4.78, 5) is 8.52. The summed E-state index contributed by atoms with van der Waals surface area (Å²) in [5.41, 5.74) is 4.41. The Morgan fingerprint density at radius 3 is 2.74 bits per heavy atom. The number of aliphatic hydroxyl groups excluding tert-OH is 1. The van der Waals surface area contributed by atoms with E-state index in [2.05, 4.69) is 9.97 Å². The summed E-state index contributed by atoms with van der Waals surface area (Å²) in [5.74, 6) is 0.756. The van der Waals surface area contributed by atoms with Crippen LogP contribution < -0.4 is 4.74 Å². The van der Waals surface area contributed by atoms with Gasteiger partial charge < -0.3 is 9.84 Å². The second kappa shape index (κ2) is 7.20. The van der Waals surface area contributed by atoms with E-state index in [1.54, 1.807) is 12.3 Å². The third-order valence-corrected chi connectivity index (χ3v) is 5.82. The van der Waals surface area contributed by atoms with E-state index in [0.29, 0.717) is 18.4 Å². The maximum atomic E-state index is 13.3. The molecular weight excluding hydrogens is 405 g/mol. The average Bonchev–Trinajstić information content (AvgIpc) is 2.74. The summed E-state index contributed by atoms with van der Waals surface area (Å²) in [5, 5.41) is 11.2. The number of aryl methyl sites for hydroxylation is 1. The van der Waals surface area contributed by atoms with Gasteiger partial charge in [0.2, 0.25) is 0 Å². The molecule has 0 atom stereocenters. The van der Waals surface area contributed by atoms with Gasteiger partial charge in [-0.15, -0.1) is 0 Å². The third-order valence-electron chi connectivity index (χ3n) is 5.82. The number of aliphatic hydroxyl groups is 1. The van der Waals surface area contributed by atoms with Crippen molar-refractivity contribution in [2.24, 2.45) is 0 Å². The van der Waals surface area contributed by atoms with E-state index in [9.17, 15) is 18.3 Å². The number of pyridine rings is 2. The topological polar surface area (TPSA) is 55.2 Å². The van der Waals surface area contributed by atoms with Crippen LogP contribution in [0.25, 0.3) is 32.9 Å². The van der Waals surface area contributed by atoms with Gasteiger partial charge in [0.15, 0.2) is 0 Å². The highest BCUT2D eigenvalue weighted by atomic mass is 19.4. The molecule has 0 unspecified atom stereocenters. The Labute approximate surface area is 176 Å². The van der Waals surface area contributed by atoms with E-state index in [0.717, 1.165) is 57.0 Å². The van der Waals surface area contributed by atoms with Gasteiger partial charge in [-0.05, 0) is 65.9 Å². The fourth-order valence-corrected chi connectivity index (χ4v) is 4.45. The number of rotatable bonds is 3. The largest absolute Gasteiger partial charge is 0.493 e. The first kappa shape index (κ1) is 19.8. The van der Waals surface area contributed by atoms with Crippen molar-refractivity contribution in [3.8, 4) is 16.9 Å². The number of alkyl halides is 3. The van der Waals surface area contributed by atoms with E-state index in [1.165, 1.54) is 6.07 Å². The van der Waals surface area contributed by atoms with Gasteiger partial charge in [0.05, 0.1) is 17.6 Å². The van der Waals surface area contributed by atoms with Crippen molar-refractivity contribution in [2.75, 3.05) is 13.2 Å². The van der Waals surface area contributed by atoms with Crippen LogP contribution in [0.15, 0.2) is 42.6 Å². The van der Waals surface area contributed by atoms with Gasteiger partial charge in [0, 0.05) is 35.6 Å². The van der Waals surface area contributed by atoms with Crippen LogP contribution in [0.1, 0.15) is 22.4 Å². The molecule has 1 aliphatic heterocycles. The zero-order valence-electron chi connectivity index (χ0n) is 16.8. The molecule has 5 rings (SSSR count). The monoisotopic (exact) mass is 424 g/mol. The van der Waals surface area contributed by atoms with E-state index in [1.807, 2.05) is 25.1 Å². The highest BCUT2D eigenvalue weighted by Crippen LogP contribution is 2.42. The molecule has 4 nitrogen and oxygen atoms in total. The molecule has 158 valence electrons. The minimum Gasteiger partial charge on any atom is -0.493 e. The van der Waals surface area contributed by atoms with Gasteiger partial charge in [-0.1, -0.05) is 6.07 Å². The molecule has 1 N–H and O–H groups in total. The van der Waals surface area contributed by atoms with Gasteiger partial charge in [0.1, 0.15) is 11.4 Å². The van der Waals surface area contributed by atoms with Gasteiger partial charge in [-0.25, -0.2) is 4.98 Å². The van der Waals surface area contributed by atoms with Crippen LogP contribution in [0.4, 0.5) is 13.2 Å². The molecule has 4 aromatic rings. The summed E-state index contributed by atoms with van der Waals surface area (Å²) in [6.07, 6.45) is -1.63. The zero-order valence-corrected chi connectivity index (χ0v) is 16.8. The van der Waals surface area contributed by atoms with Gasteiger partial charge in [0.25, 0.3) is 0 Å². The Balaban J connectivity index is 1.88. The number of hydrogen-bond acceptors (Lipinski definition) is 4. The lowest BCUT2D eigenvalue weighted by Gasteiger charge is -2.22. The number of hydrogen-bond donors (Lipinski definition) is 1. The maximum Gasteiger partial charge on any atom is 0.433 e. The van der Waals surface area contributed by atoms with Crippen molar-refractivity contribution in [1.29, 1.82) is 0 Å². The van der Waals surface area contributed by atoms with Crippen LogP contribution in [0.3, 0.4) is 0 Å². The smallest absolute Gasteiger partial charge is 0.433 e. The predicted molar refractivity (Wildman–Crippen MR) is 112 cm³/mol. The molecule has 1 aliphatic rings. The molecule has 2 aromatic heterocycles. The normalized spacial score (nSPS) is 13.6. The maximum absolute atomic E-state index is 13.3. The number of benzene rings is 2. The quantitative estimate of drug-likeness (QED) is 0.488. The average molecular weight is 424 g/mol. The first-order chi connectivity index (χ1) is 14.9. The molecule has 0 saturated heterocycles. The van der Waals surface area contributed by atoms with Crippen LogP contribution in [0.5, 0.6) is 5.75 Å². The van der Waals surface area contributed by atoms with Crippen LogP contribution in [-0.2, 0) is 19.0 Å². The van der Waals surface area contributed by atoms with Crippen LogP contribution in [-0.4, -0.2) is 28.3 Å². The highest BCUT2D eigenvalue weighted by molar-refractivity contribution is 6.07. The van der Waals surface area contributed by atoms with E-state index in [-0.39, 0.29) is 12.1 Å². The summed E-state index contributed by atoms with van der Waals surface area (Å²) in [6.45, 7) is 2.35. The number of halogens is 3. The zero-order chi connectivity index (χ0) is 21.8. The lowest BCUT2D eigenvalue weighted by atomic mass is 9.88. The van der Waals surface area contributed by atoms with E-state index >= 15 is 0 Å². The molecule has 31 heavy (non-hydrogen) atoms. The van der Waals surface area contributed by atoms with Crippen molar-refractivity contribution in [2.45, 2.75) is 25.9 Å². The van der Waals surface area contributed by atoms with Crippen molar-refractivity contribution < 1.29 is 23.0 Å². The summed E-state index contributed by atoms with van der Waals surface area (Å²) in [7, 11) is 0. The van der Waals surface area contributed by atoms with Crippen molar-refractivity contribution in [3.05, 3.63) is 65.0 Å². The number of nitrogens with zero attached hydrogens (tertiary/aromatic N) is 2. The molecular formula is C24H19F3N2O2. The van der Waals surface area contributed by atoms with Crippen LogP contribution >= 0.6 is 0 Å². The summed E-state index contributed by atoms with van der Waals surface area (Å²) in [6, 6.07) is 9.88.